The third-order valence-electron chi connectivity index (χ3n) is 4.04. The van der Waals surface area contributed by atoms with E-state index in [0.717, 1.165) is 31.4 Å². The van der Waals surface area contributed by atoms with Crippen molar-refractivity contribution >= 4 is 16.7 Å². The van der Waals surface area contributed by atoms with Crippen LogP contribution in [-0.4, -0.2) is 29.1 Å². The van der Waals surface area contributed by atoms with Crippen molar-refractivity contribution in [2.45, 2.75) is 47.5 Å². The highest BCUT2D eigenvalue weighted by Crippen LogP contribution is 2.26. The fourth-order valence-corrected chi connectivity index (χ4v) is 2.44. The highest BCUT2D eigenvalue weighted by atomic mass is 16.5. The van der Waals surface area contributed by atoms with Crippen LogP contribution in [-0.2, 0) is 4.74 Å². The predicted octanol–water partition coefficient (Wildman–Crippen LogP) is 6.27. The Labute approximate surface area is 174 Å². The van der Waals surface area contributed by atoms with Gasteiger partial charge in [-0.3, -0.25) is 9.78 Å². The molecule has 3 rings (SSSR count). The smallest absolute Gasteiger partial charge is 0.163 e. The second kappa shape index (κ2) is 13.5. The number of aromatic hydroxyl groups is 1. The maximum Gasteiger partial charge on any atom is 0.163 e. The lowest BCUT2D eigenvalue weighted by Gasteiger charge is -2.03. The number of ketones is 1. The molecule has 0 fully saturated rings. The summed E-state index contributed by atoms with van der Waals surface area (Å²) in [7, 11) is 0. The van der Waals surface area contributed by atoms with Gasteiger partial charge >= 0.3 is 0 Å². The minimum atomic E-state index is -0.157. The SMILES string of the molecule is CC(=O)c1ccc2cccnc2c1O.CCCOCCC.Cc1ccc(C)cc1. The summed E-state index contributed by atoms with van der Waals surface area (Å²) in [5.74, 6) is -0.189. The fraction of sp³-hybridized carbons (Fsp3) is 0.360. The van der Waals surface area contributed by atoms with Crippen molar-refractivity contribution in [3.63, 3.8) is 0 Å². The van der Waals surface area contributed by atoms with Gasteiger partial charge in [0.05, 0.1) is 5.56 Å². The van der Waals surface area contributed by atoms with Gasteiger partial charge in [-0.05, 0) is 45.7 Å². The van der Waals surface area contributed by atoms with Crippen molar-refractivity contribution in [3.05, 3.63) is 71.4 Å². The van der Waals surface area contributed by atoms with Gasteiger partial charge in [0.15, 0.2) is 11.5 Å². The first-order chi connectivity index (χ1) is 13.9. The van der Waals surface area contributed by atoms with Crippen LogP contribution in [0.15, 0.2) is 54.7 Å². The monoisotopic (exact) mass is 395 g/mol. The van der Waals surface area contributed by atoms with E-state index in [-0.39, 0.29) is 11.5 Å². The Morgan fingerprint density at radius 3 is 1.97 bits per heavy atom. The maximum atomic E-state index is 11.1. The van der Waals surface area contributed by atoms with Gasteiger partial charge in [-0.15, -0.1) is 0 Å². The van der Waals surface area contributed by atoms with E-state index in [1.54, 1.807) is 24.4 Å². The number of pyridine rings is 1. The summed E-state index contributed by atoms with van der Waals surface area (Å²) in [4.78, 5) is 15.1. The van der Waals surface area contributed by atoms with E-state index in [9.17, 15) is 9.90 Å². The van der Waals surface area contributed by atoms with Crippen LogP contribution < -0.4 is 0 Å². The minimum Gasteiger partial charge on any atom is -0.505 e. The van der Waals surface area contributed by atoms with E-state index in [1.165, 1.54) is 18.1 Å². The van der Waals surface area contributed by atoms with Gasteiger partial charge in [0, 0.05) is 24.8 Å². The number of benzene rings is 2. The molecule has 2 aromatic carbocycles. The summed E-state index contributed by atoms with van der Waals surface area (Å²) in [6, 6.07) is 15.5. The third kappa shape index (κ3) is 8.88. The molecule has 0 aliphatic carbocycles. The van der Waals surface area contributed by atoms with Gasteiger partial charge in [-0.25, -0.2) is 0 Å². The summed E-state index contributed by atoms with van der Waals surface area (Å²) in [6.07, 6.45) is 3.87. The number of hydrogen-bond donors (Lipinski definition) is 1. The van der Waals surface area contributed by atoms with E-state index in [1.807, 2.05) is 6.07 Å². The molecule has 0 saturated carbocycles. The Hall–Kier alpha value is -2.72. The lowest BCUT2D eigenvalue weighted by Crippen LogP contribution is -1.93. The lowest BCUT2D eigenvalue weighted by atomic mass is 10.1. The van der Waals surface area contributed by atoms with Gasteiger partial charge in [0.2, 0.25) is 0 Å². The van der Waals surface area contributed by atoms with Crippen LogP contribution >= 0.6 is 0 Å². The largest absolute Gasteiger partial charge is 0.505 e. The number of nitrogens with zero attached hydrogens (tertiary/aromatic N) is 1. The molecule has 1 aromatic heterocycles. The van der Waals surface area contributed by atoms with Crippen LogP contribution in [0.3, 0.4) is 0 Å². The lowest BCUT2D eigenvalue weighted by molar-refractivity contribution is 0.101. The normalized spacial score (nSPS) is 9.83. The van der Waals surface area contributed by atoms with E-state index in [0.29, 0.717) is 11.1 Å². The van der Waals surface area contributed by atoms with Crippen molar-refractivity contribution in [1.29, 1.82) is 0 Å². The van der Waals surface area contributed by atoms with Crippen molar-refractivity contribution in [2.24, 2.45) is 0 Å². The molecule has 0 aliphatic heterocycles. The van der Waals surface area contributed by atoms with E-state index >= 15 is 0 Å². The standard InChI is InChI=1S/C11H9NO2.C8H10.C6H14O/c1-7(13)9-5-4-8-3-2-6-12-10(8)11(9)14;1-7-3-5-8(2)6-4-7;1-3-5-7-6-4-2/h2-6,14H,1H3;3-6H,1-2H3;3-6H2,1-2H3. The predicted molar refractivity (Wildman–Crippen MR) is 121 cm³/mol. The number of rotatable bonds is 5. The number of phenols is 1. The molecule has 0 saturated heterocycles. The number of carbonyl (C=O) groups excluding carboxylic acids is 1. The zero-order chi connectivity index (χ0) is 21.6. The molecule has 0 amide bonds. The topological polar surface area (TPSA) is 59.4 Å². The van der Waals surface area contributed by atoms with Gasteiger partial charge in [0.25, 0.3) is 0 Å². The van der Waals surface area contributed by atoms with Gasteiger partial charge in [-0.2, -0.15) is 0 Å². The van der Waals surface area contributed by atoms with E-state index < -0.39 is 0 Å². The summed E-state index contributed by atoms with van der Waals surface area (Å²) in [6.45, 7) is 11.7. The van der Waals surface area contributed by atoms with Crippen LogP contribution in [0.2, 0.25) is 0 Å². The Morgan fingerprint density at radius 2 is 1.48 bits per heavy atom. The highest BCUT2D eigenvalue weighted by Gasteiger charge is 2.09. The molecular formula is C25H33NO3. The number of phenolic OH excluding ortho intramolecular Hbond substituents is 1. The summed E-state index contributed by atoms with van der Waals surface area (Å²) in [5.41, 5.74) is 3.45. The zero-order valence-electron chi connectivity index (χ0n) is 18.2. The van der Waals surface area contributed by atoms with E-state index in [2.05, 4.69) is 56.9 Å². The van der Waals surface area contributed by atoms with Crippen molar-refractivity contribution in [3.8, 4) is 5.75 Å². The molecule has 156 valence electrons. The molecule has 3 aromatic rings. The van der Waals surface area contributed by atoms with Crippen molar-refractivity contribution in [2.75, 3.05) is 13.2 Å². The second-order valence-corrected chi connectivity index (χ2v) is 6.86. The average Bonchev–Trinajstić information content (AvgIpc) is 2.72. The molecular weight excluding hydrogens is 362 g/mol. The summed E-state index contributed by atoms with van der Waals surface area (Å²) < 4.78 is 5.13. The molecule has 0 spiro atoms. The number of carbonyl (C=O) groups is 1. The van der Waals surface area contributed by atoms with Gasteiger partial charge < -0.3 is 9.84 Å². The fourth-order valence-electron chi connectivity index (χ4n) is 2.44. The minimum absolute atomic E-state index is 0.0319. The average molecular weight is 396 g/mol. The van der Waals surface area contributed by atoms with Crippen LogP contribution in [0.1, 0.15) is 55.1 Å². The van der Waals surface area contributed by atoms with Crippen LogP contribution in [0.5, 0.6) is 5.75 Å². The Balaban J connectivity index is 0.000000240. The van der Waals surface area contributed by atoms with Gasteiger partial charge in [-0.1, -0.05) is 61.4 Å². The maximum absolute atomic E-state index is 11.1. The first kappa shape index (κ1) is 24.3. The molecule has 1 heterocycles. The first-order valence-corrected chi connectivity index (χ1v) is 10.1. The summed E-state index contributed by atoms with van der Waals surface area (Å²) in [5, 5.41) is 10.6. The molecule has 29 heavy (non-hydrogen) atoms. The summed E-state index contributed by atoms with van der Waals surface area (Å²) >= 11 is 0. The van der Waals surface area contributed by atoms with Crippen molar-refractivity contribution in [1.82, 2.24) is 4.98 Å². The van der Waals surface area contributed by atoms with Gasteiger partial charge in [0.1, 0.15) is 5.52 Å². The quantitative estimate of drug-likeness (QED) is 0.408. The van der Waals surface area contributed by atoms with Crippen LogP contribution in [0.25, 0.3) is 10.9 Å². The Kier molecular flexibility index (Phi) is 11.3. The number of aromatic nitrogens is 1. The number of aryl methyl sites for hydroxylation is 2. The first-order valence-electron chi connectivity index (χ1n) is 10.1. The number of Topliss-reactive ketones (excluding diaryl/α,β-unsaturated/α-hetero) is 1. The number of hydrogen-bond acceptors (Lipinski definition) is 4. The molecule has 1 N–H and O–H groups in total. The second-order valence-electron chi connectivity index (χ2n) is 6.86. The van der Waals surface area contributed by atoms with Crippen molar-refractivity contribution < 1.29 is 14.6 Å². The molecule has 0 radical (unpaired) electrons. The Bertz CT molecular complexity index is 848. The van der Waals surface area contributed by atoms with E-state index in [4.69, 9.17) is 4.74 Å². The molecule has 0 unspecified atom stereocenters. The molecule has 0 aliphatic rings. The number of ether oxygens (including phenoxy) is 1. The molecule has 0 bridgehead atoms. The van der Waals surface area contributed by atoms with Crippen LogP contribution in [0, 0.1) is 13.8 Å². The molecule has 4 heteroatoms. The Morgan fingerprint density at radius 1 is 0.931 bits per heavy atom. The highest BCUT2D eigenvalue weighted by molar-refractivity contribution is 6.02. The third-order valence-corrected chi connectivity index (χ3v) is 4.04. The molecule has 0 atom stereocenters. The molecule has 4 nitrogen and oxygen atoms in total. The van der Waals surface area contributed by atoms with Crippen LogP contribution in [0.4, 0.5) is 0 Å². The zero-order valence-corrected chi connectivity index (χ0v) is 18.2. The number of fused-ring (bicyclic) bond motifs is 1.